The van der Waals surface area contributed by atoms with Gasteiger partial charge < -0.3 is 9.47 Å². The molecule has 0 radical (unpaired) electrons. The van der Waals surface area contributed by atoms with Gasteiger partial charge in [0.05, 0.1) is 38.3 Å². The molecule has 3 rings (SSSR count). The number of methoxy groups -OCH3 is 2. The van der Waals surface area contributed by atoms with Crippen molar-refractivity contribution >= 4 is 35.9 Å². The molecule has 0 bridgehead atoms. The molecular weight excluding hydrogens is 533 g/mol. The molecule has 0 spiro atoms. The van der Waals surface area contributed by atoms with Crippen LogP contribution in [-0.2, 0) is 12.4 Å². The molecule has 12 heteroatoms. The molecule has 4 nitrogen and oxygen atoms in total. The SMILES string of the molecule is COc1ccc(Cl)c(OC)c1C(=O)P(C(=O)c1c(C(F)(F)F)cccc1C(F)(F)F)c1ccccc1. The smallest absolute Gasteiger partial charge is 0.417 e. The van der Waals surface area contributed by atoms with Crippen LogP contribution in [0.4, 0.5) is 26.3 Å². The summed E-state index contributed by atoms with van der Waals surface area (Å²) in [7, 11) is -0.665. The number of alkyl halides is 6. The lowest BCUT2D eigenvalue weighted by atomic mass is 10.0. The summed E-state index contributed by atoms with van der Waals surface area (Å²) in [5, 5.41) is -0.152. The summed E-state index contributed by atoms with van der Waals surface area (Å²) in [6.45, 7) is 0. The van der Waals surface area contributed by atoms with Crippen LogP contribution < -0.4 is 14.8 Å². The maximum atomic E-state index is 13.8. The van der Waals surface area contributed by atoms with Crippen molar-refractivity contribution in [2.45, 2.75) is 12.4 Å². The molecule has 0 aromatic heterocycles. The largest absolute Gasteiger partial charge is 0.496 e. The van der Waals surface area contributed by atoms with Crippen LogP contribution in [0.5, 0.6) is 11.5 Å². The van der Waals surface area contributed by atoms with Gasteiger partial charge in [-0.1, -0.05) is 48.0 Å². The van der Waals surface area contributed by atoms with Crippen molar-refractivity contribution in [1.82, 2.24) is 0 Å². The first-order chi connectivity index (χ1) is 16.8. The molecule has 1 atom stereocenters. The number of rotatable bonds is 7. The second-order valence-electron chi connectivity index (χ2n) is 7.16. The zero-order valence-electron chi connectivity index (χ0n) is 18.5. The molecule has 1 unspecified atom stereocenters. The van der Waals surface area contributed by atoms with Crippen LogP contribution in [0, 0.1) is 0 Å². The average molecular weight is 549 g/mol. The number of hydrogen-bond acceptors (Lipinski definition) is 4. The quantitative estimate of drug-likeness (QED) is 0.232. The van der Waals surface area contributed by atoms with Gasteiger partial charge >= 0.3 is 12.4 Å². The first kappa shape index (κ1) is 27.5. The van der Waals surface area contributed by atoms with Gasteiger partial charge in [0.25, 0.3) is 0 Å². The van der Waals surface area contributed by atoms with E-state index >= 15 is 0 Å². The Balaban J connectivity index is 2.37. The Labute approximate surface area is 207 Å². The van der Waals surface area contributed by atoms with Crippen molar-refractivity contribution in [3.63, 3.8) is 0 Å². The molecular formula is C24H16ClF6O4P. The molecule has 0 amide bonds. The summed E-state index contributed by atoms with van der Waals surface area (Å²) in [5.41, 5.74) is -8.35. The minimum Gasteiger partial charge on any atom is -0.496 e. The van der Waals surface area contributed by atoms with E-state index in [9.17, 15) is 35.9 Å². The highest BCUT2D eigenvalue weighted by Crippen LogP contribution is 2.51. The van der Waals surface area contributed by atoms with Crippen molar-refractivity contribution in [1.29, 1.82) is 0 Å². The highest BCUT2D eigenvalue weighted by molar-refractivity contribution is 7.96. The van der Waals surface area contributed by atoms with Gasteiger partial charge in [-0.25, -0.2) is 0 Å². The lowest BCUT2D eigenvalue weighted by Crippen LogP contribution is -2.24. The van der Waals surface area contributed by atoms with E-state index in [0.29, 0.717) is 18.2 Å². The molecule has 190 valence electrons. The fourth-order valence-corrected chi connectivity index (χ4v) is 5.75. The highest BCUT2D eigenvalue weighted by Gasteiger charge is 2.46. The first-order valence-corrected chi connectivity index (χ1v) is 11.7. The molecule has 0 aliphatic carbocycles. The van der Waals surface area contributed by atoms with Gasteiger partial charge in [0.15, 0.2) is 11.3 Å². The van der Waals surface area contributed by atoms with E-state index in [1.54, 1.807) is 0 Å². The Kier molecular flexibility index (Phi) is 8.00. The summed E-state index contributed by atoms with van der Waals surface area (Å²) in [6, 6.07) is 10.7. The van der Waals surface area contributed by atoms with E-state index in [1.807, 2.05) is 0 Å². The van der Waals surface area contributed by atoms with E-state index < -0.39 is 48.0 Å². The van der Waals surface area contributed by atoms with E-state index in [1.165, 1.54) is 49.6 Å². The number of benzene rings is 3. The van der Waals surface area contributed by atoms with Crippen LogP contribution in [0.1, 0.15) is 31.8 Å². The molecule has 0 saturated carbocycles. The van der Waals surface area contributed by atoms with Crippen molar-refractivity contribution in [3.8, 4) is 11.5 Å². The summed E-state index contributed by atoms with van der Waals surface area (Å²) in [4.78, 5) is 27.5. The molecule has 0 aliphatic rings. The van der Waals surface area contributed by atoms with E-state index in [-0.39, 0.29) is 27.4 Å². The van der Waals surface area contributed by atoms with Crippen molar-refractivity contribution < 1.29 is 45.4 Å². The Morgan fingerprint density at radius 1 is 0.722 bits per heavy atom. The maximum Gasteiger partial charge on any atom is 0.417 e. The summed E-state index contributed by atoms with van der Waals surface area (Å²) in [5.74, 6) is -0.366. The topological polar surface area (TPSA) is 52.6 Å². The standard InChI is InChI=1S/C24H16ClF6O4P/c1-34-17-12-11-16(25)20(35-2)19(17)22(33)36(13-7-4-3-5-8-13)21(32)18-14(23(26,27)28)9-6-10-15(18)24(29,30)31/h3-12H,1-2H3. The highest BCUT2D eigenvalue weighted by atomic mass is 35.5. The zero-order chi connectivity index (χ0) is 26.8. The number of hydrogen-bond donors (Lipinski definition) is 0. The molecule has 3 aromatic rings. The third-order valence-corrected chi connectivity index (χ3v) is 7.39. The predicted molar refractivity (Wildman–Crippen MR) is 123 cm³/mol. The van der Waals surface area contributed by atoms with Crippen molar-refractivity contribution in [3.05, 3.63) is 87.9 Å². The van der Waals surface area contributed by atoms with Crippen LogP contribution in [0.25, 0.3) is 0 Å². The fourth-order valence-electron chi connectivity index (χ4n) is 3.49. The van der Waals surface area contributed by atoms with E-state index in [0.717, 1.165) is 7.11 Å². The number of ether oxygens (including phenoxy) is 2. The molecule has 0 fully saturated rings. The Morgan fingerprint density at radius 2 is 1.25 bits per heavy atom. The Bertz CT molecular complexity index is 1260. The summed E-state index contributed by atoms with van der Waals surface area (Å²) >= 11 is 6.11. The van der Waals surface area contributed by atoms with Gasteiger partial charge in [-0.15, -0.1) is 0 Å². The van der Waals surface area contributed by atoms with Crippen LogP contribution in [0.3, 0.4) is 0 Å². The van der Waals surface area contributed by atoms with E-state index in [4.69, 9.17) is 21.1 Å². The number of carbonyl (C=O) groups excluding carboxylic acids is 2. The second kappa shape index (κ2) is 10.5. The van der Waals surface area contributed by atoms with Crippen LogP contribution in [0.2, 0.25) is 5.02 Å². The third kappa shape index (κ3) is 5.34. The first-order valence-electron chi connectivity index (χ1n) is 9.94. The van der Waals surface area contributed by atoms with Crippen molar-refractivity contribution in [2.24, 2.45) is 0 Å². The molecule has 0 aliphatic heterocycles. The Hall–Kier alpha value is -3.10. The second-order valence-corrected chi connectivity index (χ2v) is 9.57. The lowest BCUT2D eigenvalue weighted by molar-refractivity contribution is -0.143. The van der Waals surface area contributed by atoms with Gasteiger partial charge in [0.1, 0.15) is 11.3 Å². The van der Waals surface area contributed by atoms with Crippen LogP contribution >= 0.6 is 19.5 Å². The summed E-state index contributed by atoms with van der Waals surface area (Å²) < 4.78 is 93.2. The van der Waals surface area contributed by atoms with Gasteiger partial charge in [-0.3, -0.25) is 9.59 Å². The zero-order valence-corrected chi connectivity index (χ0v) is 20.1. The summed E-state index contributed by atoms with van der Waals surface area (Å²) in [6.07, 6.45) is -10.6. The molecule has 0 saturated heterocycles. The minimum absolute atomic E-state index is 0.0725. The Morgan fingerprint density at radius 3 is 1.72 bits per heavy atom. The molecule has 3 aromatic carbocycles. The third-order valence-electron chi connectivity index (χ3n) is 5.02. The average Bonchev–Trinajstić information content (AvgIpc) is 2.82. The molecule has 36 heavy (non-hydrogen) atoms. The van der Waals surface area contributed by atoms with Crippen molar-refractivity contribution in [2.75, 3.05) is 14.2 Å². The van der Waals surface area contributed by atoms with Gasteiger partial charge in [0, 0.05) is 5.56 Å². The predicted octanol–water partition coefficient (Wildman–Crippen LogP) is 7.18. The molecule has 0 N–H and O–H groups in total. The van der Waals surface area contributed by atoms with Gasteiger partial charge in [0.2, 0.25) is 5.52 Å². The monoisotopic (exact) mass is 548 g/mol. The van der Waals surface area contributed by atoms with Gasteiger partial charge in [-0.05, 0) is 29.6 Å². The normalized spacial score (nSPS) is 12.7. The van der Waals surface area contributed by atoms with Crippen LogP contribution in [-0.4, -0.2) is 25.3 Å². The lowest BCUT2D eigenvalue weighted by Gasteiger charge is -2.23. The van der Waals surface area contributed by atoms with Crippen LogP contribution in [0.15, 0.2) is 60.7 Å². The van der Waals surface area contributed by atoms with Gasteiger partial charge in [-0.2, -0.15) is 26.3 Å². The fraction of sp³-hybridized carbons (Fsp3) is 0.167. The molecule has 0 heterocycles. The van der Waals surface area contributed by atoms with E-state index in [2.05, 4.69) is 0 Å². The number of halogens is 7. The number of carbonyl (C=O) groups is 2. The maximum absolute atomic E-state index is 13.8. The minimum atomic E-state index is -5.31.